The first-order valence-corrected chi connectivity index (χ1v) is 6.32. The second kappa shape index (κ2) is 6.64. The van der Waals surface area contributed by atoms with E-state index in [1.807, 2.05) is 0 Å². The van der Waals surface area contributed by atoms with Crippen molar-refractivity contribution in [2.24, 2.45) is 0 Å². The molecule has 0 aliphatic rings. The van der Waals surface area contributed by atoms with Crippen molar-refractivity contribution >= 4 is 29.1 Å². The maximum absolute atomic E-state index is 11.9. The van der Waals surface area contributed by atoms with Crippen LogP contribution in [0.5, 0.6) is 0 Å². The molecule has 0 bridgehead atoms. The first-order valence-electron chi connectivity index (χ1n) is 5.94. The van der Waals surface area contributed by atoms with E-state index in [1.54, 1.807) is 12.1 Å². The van der Waals surface area contributed by atoms with E-state index in [1.165, 1.54) is 24.4 Å². The zero-order valence-corrected chi connectivity index (χ0v) is 11.7. The highest BCUT2D eigenvalue weighted by atomic mass is 35.5. The van der Waals surface area contributed by atoms with E-state index in [0.29, 0.717) is 0 Å². The number of carbonyl (C=O) groups excluding carboxylic acids is 2. The monoisotopic (exact) mass is 320 g/mol. The van der Waals surface area contributed by atoms with Crippen LogP contribution in [0.1, 0.15) is 20.8 Å². The second-order valence-electron chi connectivity index (χ2n) is 4.04. The molecule has 9 heteroatoms. The first kappa shape index (κ1) is 15.4. The van der Waals surface area contributed by atoms with Crippen LogP contribution >= 0.6 is 11.6 Å². The minimum atomic E-state index is -0.840. The highest BCUT2D eigenvalue weighted by Crippen LogP contribution is 2.22. The molecule has 0 saturated heterocycles. The lowest BCUT2D eigenvalue weighted by molar-refractivity contribution is -0.385. The fraction of sp³-hybridized carbons (Fsp3) is 0. The van der Waals surface area contributed by atoms with Gasteiger partial charge in [-0.1, -0.05) is 17.7 Å². The number of hydrogen-bond donors (Lipinski definition) is 2. The topological polar surface area (TPSA) is 114 Å². The van der Waals surface area contributed by atoms with Crippen LogP contribution in [-0.2, 0) is 0 Å². The van der Waals surface area contributed by atoms with Crippen molar-refractivity contribution in [2.75, 3.05) is 0 Å². The van der Waals surface area contributed by atoms with Gasteiger partial charge in [0, 0.05) is 17.3 Å². The molecule has 22 heavy (non-hydrogen) atoms. The van der Waals surface area contributed by atoms with Gasteiger partial charge in [-0.05, 0) is 24.3 Å². The predicted molar refractivity (Wildman–Crippen MR) is 77.3 cm³/mol. The Morgan fingerprint density at radius 3 is 2.50 bits per heavy atom. The van der Waals surface area contributed by atoms with E-state index < -0.39 is 22.4 Å². The van der Waals surface area contributed by atoms with Crippen molar-refractivity contribution in [2.45, 2.75) is 0 Å². The maximum atomic E-state index is 11.9. The second-order valence-corrected chi connectivity index (χ2v) is 4.48. The van der Waals surface area contributed by atoms with E-state index in [4.69, 9.17) is 11.6 Å². The molecule has 112 valence electrons. The van der Waals surface area contributed by atoms with E-state index >= 15 is 0 Å². The molecule has 1 heterocycles. The lowest BCUT2D eigenvalue weighted by Crippen LogP contribution is -2.42. The average molecular weight is 321 g/mol. The van der Waals surface area contributed by atoms with Crippen molar-refractivity contribution in [1.29, 1.82) is 0 Å². The molecule has 8 nitrogen and oxygen atoms in total. The summed E-state index contributed by atoms with van der Waals surface area (Å²) in [5.41, 5.74) is 3.61. The van der Waals surface area contributed by atoms with Gasteiger partial charge in [-0.15, -0.1) is 0 Å². The standard InChI is InChI=1S/C13H9ClN4O4/c14-8-4-5-9(11(7-8)18(21)22)12(19)16-17-13(20)10-3-1-2-6-15-10/h1-7H,(H,16,19)(H,17,20). The summed E-state index contributed by atoms with van der Waals surface area (Å²) in [6.45, 7) is 0. The minimum absolute atomic E-state index is 0.0911. The molecule has 1 aromatic heterocycles. The highest BCUT2D eigenvalue weighted by molar-refractivity contribution is 6.31. The van der Waals surface area contributed by atoms with E-state index in [9.17, 15) is 19.7 Å². The molecule has 0 aliphatic carbocycles. The number of amides is 2. The Morgan fingerprint density at radius 1 is 1.14 bits per heavy atom. The van der Waals surface area contributed by atoms with Crippen LogP contribution in [0.3, 0.4) is 0 Å². The molecule has 0 saturated carbocycles. The number of pyridine rings is 1. The van der Waals surface area contributed by atoms with Gasteiger partial charge in [-0.2, -0.15) is 0 Å². The summed E-state index contributed by atoms with van der Waals surface area (Å²) in [6, 6.07) is 8.27. The van der Waals surface area contributed by atoms with Crippen molar-refractivity contribution in [3.05, 3.63) is 69.0 Å². The largest absolute Gasteiger partial charge is 0.288 e. The first-order chi connectivity index (χ1) is 10.5. The van der Waals surface area contributed by atoms with Crippen LogP contribution in [0.15, 0.2) is 42.6 Å². The summed E-state index contributed by atoms with van der Waals surface area (Å²) in [7, 11) is 0. The number of halogens is 1. The van der Waals surface area contributed by atoms with E-state index in [2.05, 4.69) is 15.8 Å². The zero-order valence-electron chi connectivity index (χ0n) is 10.9. The molecular formula is C13H9ClN4O4. The summed E-state index contributed by atoms with van der Waals surface area (Å²) in [4.78, 5) is 37.6. The minimum Gasteiger partial charge on any atom is -0.267 e. The third kappa shape index (κ3) is 3.55. The van der Waals surface area contributed by atoms with Gasteiger partial charge in [0.05, 0.1) is 4.92 Å². The number of nitro benzene ring substituents is 1. The van der Waals surface area contributed by atoms with Crippen LogP contribution in [-0.4, -0.2) is 21.7 Å². The smallest absolute Gasteiger partial charge is 0.267 e. The van der Waals surface area contributed by atoms with Gasteiger partial charge in [-0.25, -0.2) is 0 Å². The molecule has 2 rings (SSSR count). The lowest BCUT2D eigenvalue weighted by atomic mass is 10.2. The van der Waals surface area contributed by atoms with Gasteiger partial charge in [0.15, 0.2) is 0 Å². The number of aromatic nitrogens is 1. The van der Waals surface area contributed by atoms with Gasteiger partial charge >= 0.3 is 0 Å². The molecule has 0 unspecified atom stereocenters. The zero-order chi connectivity index (χ0) is 16.1. The molecule has 0 fully saturated rings. The van der Waals surface area contributed by atoms with Crippen LogP contribution in [0.25, 0.3) is 0 Å². The van der Waals surface area contributed by atoms with Crippen molar-refractivity contribution in [1.82, 2.24) is 15.8 Å². The summed E-state index contributed by atoms with van der Waals surface area (Å²) in [6.07, 6.45) is 1.42. The lowest BCUT2D eigenvalue weighted by Gasteiger charge is -2.07. The molecule has 0 spiro atoms. The predicted octanol–water partition coefficient (Wildman–Crippen LogP) is 1.72. The van der Waals surface area contributed by atoms with Crippen molar-refractivity contribution < 1.29 is 14.5 Å². The van der Waals surface area contributed by atoms with Gasteiger partial charge in [0.2, 0.25) is 0 Å². The highest BCUT2D eigenvalue weighted by Gasteiger charge is 2.21. The van der Waals surface area contributed by atoms with E-state index in [-0.39, 0.29) is 16.3 Å². The molecule has 2 aromatic rings. The maximum Gasteiger partial charge on any atom is 0.288 e. The van der Waals surface area contributed by atoms with Gasteiger partial charge in [0.25, 0.3) is 17.5 Å². The Morgan fingerprint density at radius 2 is 1.86 bits per heavy atom. The van der Waals surface area contributed by atoms with Crippen molar-refractivity contribution in [3.63, 3.8) is 0 Å². The number of hydrogen-bond acceptors (Lipinski definition) is 5. The quantitative estimate of drug-likeness (QED) is 0.660. The van der Waals surface area contributed by atoms with Gasteiger partial charge in [0.1, 0.15) is 11.3 Å². The Labute approximate surface area is 129 Å². The fourth-order valence-corrected chi connectivity index (χ4v) is 1.76. The number of nitro groups is 1. The Balaban J connectivity index is 2.10. The van der Waals surface area contributed by atoms with Gasteiger partial charge < -0.3 is 0 Å². The normalized spacial score (nSPS) is 9.86. The third-order valence-corrected chi connectivity index (χ3v) is 2.82. The van der Waals surface area contributed by atoms with Gasteiger partial charge in [-0.3, -0.25) is 35.5 Å². The third-order valence-electron chi connectivity index (χ3n) is 2.59. The van der Waals surface area contributed by atoms with Crippen LogP contribution in [0.2, 0.25) is 5.02 Å². The summed E-state index contributed by atoms with van der Waals surface area (Å²) in [5, 5.41) is 11.0. The average Bonchev–Trinajstić information content (AvgIpc) is 2.53. The van der Waals surface area contributed by atoms with Crippen LogP contribution in [0, 0.1) is 10.1 Å². The summed E-state index contributed by atoms with van der Waals surface area (Å²) >= 11 is 5.66. The van der Waals surface area contributed by atoms with Crippen LogP contribution in [0.4, 0.5) is 5.69 Å². The SMILES string of the molecule is O=C(NNC(=O)c1ccc(Cl)cc1[N+](=O)[O-])c1ccccn1. The number of benzene rings is 1. The Kier molecular flexibility index (Phi) is 4.64. The molecular weight excluding hydrogens is 312 g/mol. The molecule has 1 aromatic carbocycles. The number of nitrogens with one attached hydrogen (secondary N) is 2. The number of hydrazine groups is 1. The molecule has 2 N–H and O–H groups in total. The van der Waals surface area contributed by atoms with Crippen molar-refractivity contribution in [3.8, 4) is 0 Å². The molecule has 0 radical (unpaired) electrons. The molecule has 2 amide bonds. The Hall–Kier alpha value is -3.00. The Bertz CT molecular complexity index is 736. The van der Waals surface area contributed by atoms with E-state index in [0.717, 1.165) is 6.07 Å². The number of carbonyl (C=O) groups is 2. The summed E-state index contributed by atoms with van der Waals surface area (Å²) < 4.78 is 0. The van der Waals surface area contributed by atoms with Crippen LogP contribution < -0.4 is 10.9 Å². The molecule has 0 atom stereocenters. The molecule has 0 aliphatic heterocycles. The fourth-order valence-electron chi connectivity index (χ4n) is 1.59. The summed E-state index contributed by atoms with van der Waals surface area (Å²) in [5.74, 6) is -1.49. The number of rotatable bonds is 3. The number of nitrogens with zero attached hydrogens (tertiary/aromatic N) is 2.